The molecule has 4 aliphatic rings. The van der Waals surface area contributed by atoms with Crippen molar-refractivity contribution in [2.75, 3.05) is 26.3 Å². The molecule has 2 saturated heterocycles. The Morgan fingerprint density at radius 2 is 1.84 bits per heavy atom. The van der Waals surface area contributed by atoms with Crippen LogP contribution in [0.15, 0.2) is 54.6 Å². The van der Waals surface area contributed by atoms with Gasteiger partial charge in [0, 0.05) is 31.0 Å². The second-order valence-electron chi connectivity index (χ2n) is 10.6. The number of cyclic esters (lactones) is 1. The summed E-state index contributed by atoms with van der Waals surface area (Å²) in [6, 6.07) is 9.19. The van der Waals surface area contributed by atoms with E-state index in [1.807, 2.05) is 54.3 Å². The first-order valence-corrected chi connectivity index (χ1v) is 14.2. The van der Waals surface area contributed by atoms with E-state index in [-0.39, 0.29) is 24.4 Å². The highest BCUT2D eigenvalue weighted by Gasteiger charge is 2.73. The van der Waals surface area contributed by atoms with Gasteiger partial charge in [0.2, 0.25) is 11.8 Å². The van der Waals surface area contributed by atoms with Crippen LogP contribution in [0.5, 0.6) is 0 Å². The van der Waals surface area contributed by atoms with Gasteiger partial charge in [-0.15, -0.1) is 11.8 Å². The maximum absolute atomic E-state index is 14.3. The summed E-state index contributed by atoms with van der Waals surface area (Å²) in [7, 11) is 0. The molecule has 8 heteroatoms. The quantitative estimate of drug-likeness (QED) is 0.335. The number of aliphatic hydroxyl groups is 1. The molecular formula is C29H36N2O5S. The minimum absolute atomic E-state index is 0.0770. The van der Waals surface area contributed by atoms with E-state index in [0.29, 0.717) is 39.1 Å². The van der Waals surface area contributed by atoms with Gasteiger partial charge in [0.15, 0.2) is 0 Å². The van der Waals surface area contributed by atoms with Gasteiger partial charge < -0.3 is 19.6 Å². The van der Waals surface area contributed by atoms with Crippen LogP contribution in [0.25, 0.3) is 0 Å². The normalized spacial score (nSPS) is 34.1. The number of hydrogen-bond acceptors (Lipinski definition) is 6. The van der Waals surface area contributed by atoms with E-state index in [9.17, 15) is 19.5 Å². The monoisotopic (exact) mass is 524 g/mol. The van der Waals surface area contributed by atoms with Crippen LogP contribution in [-0.4, -0.2) is 74.5 Å². The first-order valence-electron chi connectivity index (χ1n) is 13.4. The van der Waals surface area contributed by atoms with E-state index in [0.717, 1.165) is 24.8 Å². The average molecular weight is 525 g/mol. The van der Waals surface area contributed by atoms with Crippen molar-refractivity contribution in [1.82, 2.24) is 9.80 Å². The molecule has 1 unspecified atom stereocenters. The Morgan fingerprint density at radius 1 is 1.03 bits per heavy atom. The number of ether oxygens (including phenoxy) is 1. The molecule has 4 aliphatic heterocycles. The van der Waals surface area contributed by atoms with Crippen molar-refractivity contribution in [2.45, 2.75) is 61.1 Å². The van der Waals surface area contributed by atoms with E-state index in [1.54, 1.807) is 16.7 Å². The molecule has 4 heterocycles. The van der Waals surface area contributed by atoms with Crippen LogP contribution in [0.4, 0.5) is 0 Å². The molecule has 1 aromatic rings. The molecule has 198 valence electrons. The highest BCUT2D eigenvalue weighted by Crippen LogP contribution is 2.65. The fourth-order valence-corrected chi connectivity index (χ4v) is 8.59. The van der Waals surface area contributed by atoms with Crippen molar-refractivity contribution in [3.63, 3.8) is 0 Å². The largest absolute Gasteiger partial charge is 0.465 e. The minimum atomic E-state index is -0.849. The molecule has 2 fully saturated rings. The fourth-order valence-electron chi connectivity index (χ4n) is 6.44. The number of rotatable bonds is 7. The standard InChI is InChI=1S/C29H36N2O5S/c1-28-14-7-3-10-19-36-27(35)23(28)22-25(33)31(17-8-4-9-18-32)24-26(34)30(16-11-15-29(22,24)37-28)20-21-12-5-2-6-13-21/h2,5-7,11-15,22-24,32H,3-4,8-10,16-20H2,1H3/b14-7-/t22-,23-,24?,28+,29-/m0/s1. The number of aliphatic hydroxyl groups excluding tert-OH is 1. The third kappa shape index (κ3) is 4.63. The average Bonchev–Trinajstić information content (AvgIpc) is 3.24. The van der Waals surface area contributed by atoms with Crippen molar-refractivity contribution >= 4 is 29.5 Å². The summed E-state index contributed by atoms with van der Waals surface area (Å²) in [6.45, 7) is 3.79. The Hall–Kier alpha value is -2.58. The van der Waals surface area contributed by atoms with E-state index in [1.165, 1.54) is 0 Å². The molecule has 5 atom stereocenters. The number of hydrogen-bond donors (Lipinski definition) is 1. The number of allylic oxidation sites excluding steroid dienone is 1. The number of nitrogens with zero attached hydrogens (tertiary/aromatic N) is 2. The molecule has 2 amide bonds. The topological polar surface area (TPSA) is 87.1 Å². The molecule has 0 aromatic heterocycles. The zero-order chi connectivity index (χ0) is 26.0. The number of fused-ring (bicyclic) bond motifs is 2. The highest BCUT2D eigenvalue weighted by atomic mass is 32.2. The number of amides is 2. The molecule has 0 saturated carbocycles. The fraction of sp³-hybridized carbons (Fsp3) is 0.552. The van der Waals surface area contributed by atoms with Crippen molar-refractivity contribution < 1.29 is 24.2 Å². The Kier molecular flexibility index (Phi) is 7.50. The van der Waals surface area contributed by atoms with Crippen molar-refractivity contribution in [3.05, 3.63) is 60.2 Å². The molecule has 0 bridgehead atoms. The molecule has 1 N–H and O–H groups in total. The molecule has 7 nitrogen and oxygen atoms in total. The lowest BCUT2D eigenvalue weighted by atomic mass is 9.74. The van der Waals surface area contributed by atoms with Crippen LogP contribution >= 0.6 is 11.8 Å². The summed E-state index contributed by atoms with van der Waals surface area (Å²) < 4.78 is 4.17. The SMILES string of the molecule is C[C@@]12/C=C\CCCOC(=O)[C@@H]1[C@H]1C(=O)N(CCCCCO)C3C(=O)N(Cc4ccccc4)CC=C[C@@]31S2. The van der Waals surface area contributed by atoms with E-state index >= 15 is 0 Å². The summed E-state index contributed by atoms with van der Waals surface area (Å²) in [6.07, 6.45) is 11.9. The summed E-state index contributed by atoms with van der Waals surface area (Å²) in [5.74, 6) is -1.89. The van der Waals surface area contributed by atoms with Crippen molar-refractivity contribution in [2.24, 2.45) is 11.8 Å². The van der Waals surface area contributed by atoms with E-state index in [2.05, 4.69) is 12.2 Å². The Balaban J connectivity index is 1.55. The zero-order valence-electron chi connectivity index (χ0n) is 21.4. The van der Waals surface area contributed by atoms with Crippen LogP contribution in [0.3, 0.4) is 0 Å². The first-order chi connectivity index (χ1) is 17.9. The van der Waals surface area contributed by atoms with Gasteiger partial charge >= 0.3 is 5.97 Å². The second-order valence-corrected chi connectivity index (χ2v) is 12.4. The molecular weight excluding hydrogens is 488 g/mol. The minimum Gasteiger partial charge on any atom is -0.465 e. The Bertz CT molecular complexity index is 1090. The molecule has 37 heavy (non-hydrogen) atoms. The number of likely N-dealkylation sites (tertiary alicyclic amines) is 1. The number of esters is 1. The number of unbranched alkanes of at least 4 members (excludes halogenated alkanes) is 2. The first kappa shape index (κ1) is 26.0. The summed E-state index contributed by atoms with van der Waals surface area (Å²) in [4.78, 5) is 45.5. The Labute approximate surface area is 222 Å². The molecule has 0 radical (unpaired) electrons. The summed E-state index contributed by atoms with van der Waals surface area (Å²) >= 11 is 1.59. The molecule has 1 spiro atoms. The van der Waals surface area contributed by atoms with Gasteiger partial charge in [0.25, 0.3) is 0 Å². The molecule has 5 rings (SSSR count). The predicted octanol–water partition coefficient (Wildman–Crippen LogP) is 3.33. The van der Waals surface area contributed by atoms with Gasteiger partial charge in [-0.3, -0.25) is 14.4 Å². The number of carbonyl (C=O) groups excluding carboxylic acids is 3. The lowest BCUT2D eigenvalue weighted by molar-refractivity contribution is -0.154. The summed E-state index contributed by atoms with van der Waals surface area (Å²) in [5.41, 5.74) is 1.03. The number of carbonyl (C=O) groups is 3. The predicted molar refractivity (Wildman–Crippen MR) is 142 cm³/mol. The van der Waals surface area contributed by atoms with Gasteiger partial charge in [-0.25, -0.2) is 0 Å². The van der Waals surface area contributed by atoms with Crippen LogP contribution in [-0.2, 0) is 25.7 Å². The molecule has 1 aromatic carbocycles. The maximum Gasteiger partial charge on any atom is 0.311 e. The van der Waals surface area contributed by atoms with Crippen LogP contribution < -0.4 is 0 Å². The van der Waals surface area contributed by atoms with Crippen molar-refractivity contribution in [3.8, 4) is 0 Å². The van der Waals surface area contributed by atoms with Gasteiger partial charge in [0.05, 0.1) is 23.2 Å². The Morgan fingerprint density at radius 3 is 2.62 bits per heavy atom. The lowest BCUT2D eigenvalue weighted by Crippen LogP contribution is -2.53. The lowest BCUT2D eigenvalue weighted by Gasteiger charge is -2.37. The third-order valence-corrected chi connectivity index (χ3v) is 9.90. The number of thioether (sulfide) groups is 1. The van der Waals surface area contributed by atoms with Gasteiger partial charge in [-0.1, -0.05) is 54.6 Å². The second kappa shape index (κ2) is 10.7. The smallest absolute Gasteiger partial charge is 0.311 e. The van der Waals surface area contributed by atoms with Gasteiger partial charge in [-0.05, 0) is 44.6 Å². The van der Waals surface area contributed by atoms with Crippen LogP contribution in [0, 0.1) is 11.8 Å². The zero-order valence-corrected chi connectivity index (χ0v) is 22.2. The van der Waals surface area contributed by atoms with E-state index < -0.39 is 27.4 Å². The summed E-state index contributed by atoms with van der Waals surface area (Å²) in [5, 5.41) is 9.23. The van der Waals surface area contributed by atoms with Crippen LogP contribution in [0.2, 0.25) is 0 Å². The third-order valence-electron chi connectivity index (χ3n) is 8.11. The highest BCUT2D eigenvalue weighted by molar-refractivity contribution is 8.02. The van der Waals surface area contributed by atoms with Gasteiger partial charge in [-0.2, -0.15) is 0 Å². The van der Waals surface area contributed by atoms with Gasteiger partial charge in [0.1, 0.15) is 6.04 Å². The van der Waals surface area contributed by atoms with E-state index in [4.69, 9.17) is 4.74 Å². The van der Waals surface area contributed by atoms with Crippen molar-refractivity contribution in [1.29, 1.82) is 0 Å². The van der Waals surface area contributed by atoms with Crippen LogP contribution in [0.1, 0.15) is 44.6 Å². The molecule has 0 aliphatic carbocycles. The number of benzene rings is 1. The maximum atomic E-state index is 14.3.